The summed E-state index contributed by atoms with van der Waals surface area (Å²) in [5.74, 6) is 0.704. The third-order valence-electron chi connectivity index (χ3n) is 3.49. The van der Waals surface area contributed by atoms with E-state index in [9.17, 15) is 8.42 Å². The fourth-order valence-corrected chi connectivity index (χ4v) is 3.37. The summed E-state index contributed by atoms with van der Waals surface area (Å²) in [5.41, 5.74) is 0.738. The highest BCUT2D eigenvalue weighted by Crippen LogP contribution is 2.31. The fourth-order valence-electron chi connectivity index (χ4n) is 2.27. The molecule has 118 valence electrons. The Hall–Kier alpha value is -1.27. The van der Waals surface area contributed by atoms with Crippen molar-refractivity contribution in [3.63, 3.8) is 0 Å². The lowest BCUT2D eigenvalue weighted by molar-refractivity contribution is 0.226. The minimum absolute atomic E-state index is 0.0941. The molecule has 0 fully saturated rings. The van der Waals surface area contributed by atoms with Crippen molar-refractivity contribution in [1.29, 1.82) is 0 Å². The van der Waals surface area contributed by atoms with Gasteiger partial charge >= 0.3 is 0 Å². The summed E-state index contributed by atoms with van der Waals surface area (Å²) in [7, 11) is -3.44. The van der Waals surface area contributed by atoms with Crippen LogP contribution in [0.4, 0.5) is 5.69 Å². The van der Waals surface area contributed by atoms with Crippen LogP contribution in [0, 0.1) is 0 Å². The highest BCUT2D eigenvalue weighted by atomic mass is 32.2. The fraction of sp³-hybridized carbons (Fsp3) is 0.600. The zero-order valence-corrected chi connectivity index (χ0v) is 13.5. The topological polar surface area (TPSA) is 67.4 Å². The summed E-state index contributed by atoms with van der Waals surface area (Å²) in [6.45, 7) is 5.27. The van der Waals surface area contributed by atoms with E-state index in [4.69, 9.17) is 4.74 Å². The summed E-state index contributed by atoms with van der Waals surface area (Å²) >= 11 is 0. The van der Waals surface area contributed by atoms with Crippen molar-refractivity contribution < 1.29 is 13.2 Å². The van der Waals surface area contributed by atoms with Crippen molar-refractivity contribution in [2.75, 3.05) is 18.4 Å². The number of hydrogen-bond donors (Lipinski definition) is 2. The number of nitrogens with one attached hydrogen (secondary N) is 2. The van der Waals surface area contributed by atoms with Gasteiger partial charge in [0.2, 0.25) is 10.0 Å². The molecule has 1 aliphatic heterocycles. The lowest BCUT2D eigenvalue weighted by Crippen LogP contribution is -2.28. The molecule has 0 spiro atoms. The molecule has 0 bridgehead atoms. The van der Waals surface area contributed by atoms with E-state index in [2.05, 4.69) is 17.0 Å². The minimum atomic E-state index is -3.44. The Bertz CT molecular complexity index is 572. The summed E-state index contributed by atoms with van der Waals surface area (Å²) in [6.07, 6.45) is 4.30. The Morgan fingerprint density at radius 2 is 2.14 bits per heavy atom. The summed E-state index contributed by atoms with van der Waals surface area (Å²) in [5, 5.41) is 3.19. The van der Waals surface area contributed by atoms with Crippen LogP contribution >= 0.6 is 0 Å². The second-order valence-electron chi connectivity index (χ2n) is 5.43. The second-order valence-corrected chi connectivity index (χ2v) is 7.19. The van der Waals surface area contributed by atoms with E-state index in [1.54, 1.807) is 18.2 Å². The molecule has 0 aliphatic carbocycles. The van der Waals surface area contributed by atoms with Crippen molar-refractivity contribution >= 4 is 15.7 Å². The van der Waals surface area contributed by atoms with Crippen molar-refractivity contribution in [2.24, 2.45) is 0 Å². The van der Waals surface area contributed by atoms with E-state index in [1.165, 1.54) is 0 Å². The quantitative estimate of drug-likeness (QED) is 0.760. The van der Waals surface area contributed by atoms with Crippen LogP contribution in [0.1, 0.15) is 39.5 Å². The van der Waals surface area contributed by atoms with Gasteiger partial charge in [0.25, 0.3) is 0 Å². The molecule has 0 aromatic heterocycles. The summed E-state index contributed by atoms with van der Waals surface area (Å²) in [6, 6.07) is 4.94. The third-order valence-corrected chi connectivity index (χ3v) is 4.95. The van der Waals surface area contributed by atoms with Gasteiger partial charge in [-0.2, -0.15) is 0 Å². The number of benzene rings is 1. The van der Waals surface area contributed by atoms with Crippen LogP contribution in [0.5, 0.6) is 5.75 Å². The Balaban J connectivity index is 2.00. The molecule has 1 atom stereocenters. The zero-order valence-electron chi connectivity index (χ0n) is 12.7. The van der Waals surface area contributed by atoms with E-state index in [0.717, 1.165) is 31.4 Å². The number of sulfonamides is 1. The van der Waals surface area contributed by atoms with Gasteiger partial charge in [0.1, 0.15) is 11.9 Å². The Morgan fingerprint density at radius 3 is 2.90 bits per heavy atom. The van der Waals surface area contributed by atoms with Gasteiger partial charge in [-0.25, -0.2) is 13.1 Å². The van der Waals surface area contributed by atoms with E-state index in [1.807, 2.05) is 6.92 Å². The molecule has 0 amide bonds. The van der Waals surface area contributed by atoms with Crippen LogP contribution < -0.4 is 14.8 Å². The van der Waals surface area contributed by atoms with E-state index in [-0.39, 0.29) is 11.0 Å². The molecule has 6 heteroatoms. The molecule has 0 saturated carbocycles. The average molecular weight is 312 g/mol. The van der Waals surface area contributed by atoms with Gasteiger partial charge in [-0.1, -0.05) is 26.2 Å². The maximum Gasteiger partial charge on any atom is 0.240 e. The molecule has 5 nitrogen and oxygen atoms in total. The van der Waals surface area contributed by atoms with Gasteiger partial charge in [0.15, 0.2) is 0 Å². The maximum absolute atomic E-state index is 12.2. The molecule has 1 aromatic rings. The number of anilines is 1. The van der Waals surface area contributed by atoms with Gasteiger partial charge in [0, 0.05) is 6.54 Å². The average Bonchev–Trinajstić information content (AvgIpc) is 2.46. The smallest absolute Gasteiger partial charge is 0.240 e. The first-order valence-electron chi connectivity index (χ1n) is 7.57. The number of rotatable bonds is 7. The molecule has 1 unspecified atom stereocenters. The molecular formula is C15H24N2O3S. The molecule has 0 saturated heterocycles. The number of hydrogen-bond acceptors (Lipinski definition) is 4. The first-order valence-corrected chi connectivity index (χ1v) is 9.05. The SMILES string of the molecule is CCCCCCNS(=O)(=O)c1ccc2c(c1)NCC(C)O2. The first kappa shape index (κ1) is 16.1. The largest absolute Gasteiger partial charge is 0.487 e. The Labute approximate surface area is 127 Å². The van der Waals surface area contributed by atoms with Crippen molar-refractivity contribution in [2.45, 2.75) is 50.5 Å². The molecular weight excluding hydrogens is 288 g/mol. The van der Waals surface area contributed by atoms with Gasteiger partial charge in [-0.15, -0.1) is 0 Å². The molecule has 21 heavy (non-hydrogen) atoms. The lowest BCUT2D eigenvalue weighted by Gasteiger charge is -2.25. The van der Waals surface area contributed by atoms with Crippen LogP contribution in [-0.4, -0.2) is 27.6 Å². The summed E-state index contributed by atoms with van der Waals surface area (Å²) in [4.78, 5) is 0.280. The van der Waals surface area contributed by atoms with Gasteiger partial charge in [-0.05, 0) is 31.5 Å². The molecule has 2 N–H and O–H groups in total. The normalized spacial score (nSPS) is 17.7. The standard InChI is InChI=1S/C15H24N2O3S/c1-3-4-5-6-9-17-21(18,19)13-7-8-15-14(10-13)16-11-12(2)20-15/h7-8,10,12,16-17H,3-6,9,11H2,1-2H3. The maximum atomic E-state index is 12.2. The third kappa shape index (κ3) is 4.35. The molecule has 1 aromatic carbocycles. The van der Waals surface area contributed by atoms with E-state index >= 15 is 0 Å². The van der Waals surface area contributed by atoms with Gasteiger partial charge in [-0.3, -0.25) is 0 Å². The minimum Gasteiger partial charge on any atom is -0.487 e. The van der Waals surface area contributed by atoms with Crippen molar-refractivity contribution in [1.82, 2.24) is 4.72 Å². The molecule has 2 rings (SSSR count). The second kappa shape index (κ2) is 7.13. The highest BCUT2D eigenvalue weighted by Gasteiger charge is 2.20. The molecule has 1 aliphatic rings. The zero-order chi connectivity index (χ0) is 15.3. The van der Waals surface area contributed by atoms with Gasteiger partial charge < -0.3 is 10.1 Å². The van der Waals surface area contributed by atoms with Crippen LogP contribution in [0.15, 0.2) is 23.1 Å². The summed E-state index contributed by atoms with van der Waals surface area (Å²) < 4.78 is 32.8. The van der Waals surface area contributed by atoms with Crippen molar-refractivity contribution in [3.05, 3.63) is 18.2 Å². The molecule has 1 heterocycles. The number of ether oxygens (including phenoxy) is 1. The van der Waals surface area contributed by atoms with Crippen LogP contribution in [0.3, 0.4) is 0 Å². The first-order chi connectivity index (χ1) is 10.0. The van der Waals surface area contributed by atoms with E-state index < -0.39 is 10.0 Å². The monoisotopic (exact) mass is 312 g/mol. The predicted molar refractivity (Wildman–Crippen MR) is 84.4 cm³/mol. The number of unbranched alkanes of at least 4 members (excludes halogenated alkanes) is 3. The predicted octanol–water partition coefficient (Wildman–Crippen LogP) is 2.74. The number of fused-ring (bicyclic) bond motifs is 1. The Kier molecular flexibility index (Phi) is 5.47. The van der Waals surface area contributed by atoms with Crippen LogP contribution in [0.2, 0.25) is 0 Å². The highest BCUT2D eigenvalue weighted by molar-refractivity contribution is 7.89. The van der Waals surface area contributed by atoms with Crippen molar-refractivity contribution in [3.8, 4) is 5.75 Å². The van der Waals surface area contributed by atoms with Crippen LogP contribution in [0.25, 0.3) is 0 Å². The molecule has 0 radical (unpaired) electrons. The van der Waals surface area contributed by atoms with Gasteiger partial charge in [0.05, 0.1) is 17.1 Å². The van der Waals surface area contributed by atoms with Crippen LogP contribution in [-0.2, 0) is 10.0 Å². The van der Waals surface area contributed by atoms with E-state index in [0.29, 0.717) is 18.8 Å². The lowest BCUT2D eigenvalue weighted by atomic mass is 10.2. The Morgan fingerprint density at radius 1 is 1.33 bits per heavy atom.